The first-order chi connectivity index (χ1) is 24.8. The highest BCUT2D eigenvalue weighted by atomic mass is 15.4. The van der Waals surface area contributed by atoms with Crippen LogP contribution in [0, 0.1) is 0 Å². The molecule has 0 bridgehead atoms. The molecule has 0 atom stereocenters. The molecule has 238 valence electrons. The van der Waals surface area contributed by atoms with E-state index in [1.54, 1.807) is 0 Å². The van der Waals surface area contributed by atoms with E-state index in [9.17, 15) is 0 Å². The van der Waals surface area contributed by atoms with Gasteiger partial charge < -0.3 is 19.6 Å². The van der Waals surface area contributed by atoms with Gasteiger partial charge in [0, 0.05) is 22.5 Å². The molecule has 50 heavy (non-hydrogen) atoms. The molecule has 2 heterocycles. The molecule has 0 saturated heterocycles. The van der Waals surface area contributed by atoms with Gasteiger partial charge in [0.15, 0.2) is 0 Å². The Hall–Kier alpha value is -6.52. The van der Waals surface area contributed by atoms with E-state index in [1.165, 1.54) is 78.2 Å². The summed E-state index contributed by atoms with van der Waals surface area (Å²) in [7, 11) is 0. The molecule has 2 aliphatic heterocycles. The summed E-state index contributed by atoms with van der Waals surface area (Å²) < 4.78 is 0. The average molecular weight is 643 g/mol. The van der Waals surface area contributed by atoms with Crippen molar-refractivity contribution in [2.75, 3.05) is 32.9 Å². The third-order valence-electron chi connectivity index (χ3n) is 10.3. The minimum atomic E-state index is 0.711. The van der Waals surface area contributed by atoms with E-state index in [4.69, 9.17) is 0 Å². The first-order valence-corrected chi connectivity index (χ1v) is 17.3. The van der Waals surface area contributed by atoms with Crippen LogP contribution in [0.25, 0.3) is 32.7 Å². The van der Waals surface area contributed by atoms with Crippen molar-refractivity contribution in [3.8, 4) is 11.1 Å². The summed E-state index contributed by atoms with van der Waals surface area (Å²) in [6.07, 6.45) is 0. The van der Waals surface area contributed by atoms with Crippen molar-refractivity contribution in [3.63, 3.8) is 0 Å². The highest BCUT2D eigenvalue weighted by Gasteiger charge is 2.33. The van der Waals surface area contributed by atoms with Crippen molar-refractivity contribution < 1.29 is 0 Å². The Bertz CT molecular complexity index is 2350. The van der Waals surface area contributed by atoms with E-state index in [1.807, 2.05) is 0 Å². The molecule has 4 nitrogen and oxygen atoms in total. The molecule has 0 N–H and O–H groups in total. The second-order valence-corrected chi connectivity index (χ2v) is 13.0. The van der Waals surface area contributed by atoms with E-state index < -0.39 is 0 Å². The summed E-state index contributed by atoms with van der Waals surface area (Å²) in [5.41, 5.74) is 12.1. The normalized spacial score (nSPS) is 13.7. The van der Waals surface area contributed by atoms with Gasteiger partial charge in [0.05, 0.1) is 34.1 Å². The molecule has 0 radical (unpaired) electrons. The smallest absolute Gasteiger partial charge is 0.100 e. The van der Waals surface area contributed by atoms with Gasteiger partial charge in [0.2, 0.25) is 0 Å². The lowest BCUT2D eigenvalue weighted by atomic mass is 9.90. The summed E-state index contributed by atoms with van der Waals surface area (Å²) in [5.74, 6) is 0. The predicted molar refractivity (Wildman–Crippen MR) is 211 cm³/mol. The molecule has 8 aromatic rings. The molecule has 0 aromatic heterocycles. The Morgan fingerprint density at radius 1 is 0.260 bits per heavy atom. The van der Waals surface area contributed by atoms with Crippen molar-refractivity contribution in [1.82, 2.24) is 0 Å². The van der Waals surface area contributed by atoms with Crippen LogP contribution in [0.1, 0.15) is 0 Å². The summed E-state index contributed by atoms with van der Waals surface area (Å²) in [4.78, 5) is 9.85. The molecular formula is C46H34N4. The maximum absolute atomic E-state index is 2.50. The van der Waals surface area contributed by atoms with Crippen LogP contribution in [0.15, 0.2) is 182 Å². The van der Waals surface area contributed by atoms with Crippen LogP contribution in [0.3, 0.4) is 0 Å². The minimum Gasteiger partial charge on any atom is -0.321 e. The topological polar surface area (TPSA) is 13.0 Å². The van der Waals surface area contributed by atoms with Gasteiger partial charge in [0.25, 0.3) is 0 Å². The second-order valence-electron chi connectivity index (χ2n) is 13.0. The van der Waals surface area contributed by atoms with Gasteiger partial charge >= 0.3 is 0 Å². The Morgan fingerprint density at radius 3 is 1.02 bits per heavy atom. The summed E-state index contributed by atoms with van der Waals surface area (Å²) in [5, 5.41) is 4.94. The lowest BCUT2D eigenvalue weighted by molar-refractivity contribution is 0.988. The largest absolute Gasteiger partial charge is 0.321 e. The van der Waals surface area contributed by atoms with Crippen LogP contribution >= 0.6 is 0 Å². The number of fused-ring (bicyclic) bond motifs is 4. The van der Waals surface area contributed by atoms with Crippen molar-refractivity contribution in [2.45, 2.75) is 0 Å². The molecule has 2 aliphatic rings. The standard InChI is InChI=1S/C46H34N4/c1-3-17-35(18-4-1)47-31-49(41-25-13-11-23-39(41)47)43-29-27-33-15-7-9-21-37(33)45(43)46-38-22-10-8-16-34(38)28-30-44(46)50-32-48(36-19-5-2-6-20-36)40-24-12-14-26-42(40)50/h1-30H,31-32H2. The number of para-hydroxylation sites is 6. The Morgan fingerprint density at radius 2 is 0.600 bits per heavy atom. The number of hydrogen-bond acceptors (Lipinski definition) is 4. The SMILES string of the molecule is c1ccc(N2CN(c3ccc4ccccc4c3-c3c(N4CN(c5ccccc5)c5ccccc54)ccc4ccccc34)c3ccccc32)cc1. The molecule has 0 fully saturated rings. The molecule has 0 aliphatic carbocycles. The summed E-state index contributed by atoms with van der Waals surface area (Å²) >= 11 is 0. The average Bonchev–Trinajstić information content (AvgIpc) is 3.77. The van der Waals surface area contributed by atoms with Gasteiger partial charge in [-0.15, -0.1) is 0 Å². The van der Waals surface area contributed by atoms with Crippen LogP contribution in [0.4, 0.5) is 45.5 Å². The summed E-state index contributed by atoms with van der Waals surface area (Å²) in [6.45, 7) is 1.42. The predicted octanol–water partition coefficient (Wildman–Crippen LogP) is 12.2. The van der Waals surface area contributed by atoms with Crippen LogP contribution in [0.2, 0.25) is 0 Å². The third-order valence-corrected chi connectivity index (χ3v) is 10.3. The van der Waals surface area contributed by atoms with Crippen LogP contribution < -0.4 is 19.6 Å². The Labute approximate surface area is 292 Å². The molecule has 4 heteroatoms. The fraction of sp³-hybridized carbons (Fsp3) is 0.0435. The molecule has 0 spiro atoms. The fourth-order valence-corrected chi connectivity index (χ4v) is 7.99. The van der Waals surface area contributed by atoms with Gasteiger partial charge in [-0.2, -0.15) is 0 Å². The zero-order valence-corrected chi connectivity index (χ0v) is 27.5. The number of anilines is 8. The van der Waals surface area contributed by atoms with E-state index in [2.05, 4.69) is 202 Å². The fourth-order valence-electron chi connectivity index (χ4n) is 7.99. The number of nitrogens with zero attached hydrogens (tertiary/aromatic N) is 4. The Kier molecular flexibility index (Phi) is 6.59. The maximum Gasteiger partial charge on any atom is 0.100 e. The molecular weight excluding hydrogens is 609 g/mol. The zero-order chi connectivity index (χ0) is 33.0. The van der Waals surface area contributed by atoms with Crippen molar-refractivity contribution in [3.05, 3.63) is 182 Å². The quantitative estimate of drug-likeness (QED) is 0.185. The van der Waals surface area contributed by atoms with Gasteiger partial charge in [-0.05, 0) is 82.2 Å². The van der Waals surface area contributed by atoms with Crippen LogP contribution in [-0.4, -0.2) is 13.3 Å². The van der Waals surface area contributed by atoms with Gasteiger partial charge in [0.1, 0.15) is 13.3 Å². The third kappa shape index (κ3) is 4.46. The van der Waals surface area contributed by atoms with Gasteiger partial charge in [-0.25, -0.2) is 0 Å². The monoisotopic (exact) mass is 642 g/mol. The second kappa shape index (κ2) is 11.6. The Balaban J connectivity index is 1.24. The molecule has 0 saturated carbocycles. The molecule has 10 rings (SSSR count). The zero-order valence-electron chi connectivity index (χ0n) is 27.5. The number of benzene rings is 8. The molecule has 0 unspecified atom stereocenters. The lowest BCUT2D eigenvalue weighted by Gasteiger charge is -2.29. The van der Waals surface area contributed by atoms with Gasteiger partial charge in [-0.3, -0.25) is 0 Å². The first-order valence-electron chi connectivity index (χ1n) is 17.3. The van der Waals surface area contributed by atoms with E-state index >= 15 is 0 Å². The van der Waals surface area contributed by atoms with Crippen LogP contribution in [0.5, 0.6) is 0 Å². The molecule has 0 amide bonds. The molecule has 8 aromatic carbocycles. The van der Waals surface area contributed by atoms with Gasteiger partial charge in [-0.1, -0.05) is 121 Å². The van der Waals surface area contributed by atoms with Crippen molar-refractivity contribution in [1.29, 1.82) is 0 Å². The number of hydrogen-bond donors (Lipinski definition) is 0. The van der Waals surface area contributed by atoms with Crippen molar-refractivity contribution in [2.24, 2.45) is 0 Å². The van der Waals surface area contributed by atoms with E-state index in [-0.39, 0.29) is 0 Å². The lowest BCUT2D eigenvalue weighted by Crippen LogP contribution is -2.25. The van der Waals surface area contributed by atoms with Crippen molar-refractivity contribution >= 4 is 67.0 Å². The van der Waals surface area contributed by atoms with E-state index in [0.29, 0.717) is 13.3 Å². The highest BCUT2D eigenvalue weighted by molar-refractivity contribution is 6.15. The van der Waals surface area contributed by atoms with E-state index in [0.717, 1.165) is 0 Å². The highest BCUT2D eigenvalue weighted by Crippen LogP contribution is 2.53. The number of rotatable bonds is 5. The van der Waals surface area contributed by atoms with Crippen LogP contribution in [-0.2, 0) is 0 Å². The summed E-state index contributed by atoms with van der Waals surface area (Å²) in [6, 6.07) is 66.0. The maximum atomic E-state index is 2.50. The minimum absolute atomic E-state index is 0.711. The first kappa shape index (κ1) is 28.5.